The molecule has 1 atom stereocenters. The molecule has 0 amide bonds. The van der Waals surface area contributed by atoms with E-state index in [0.29, 0.717) is 4.90 Å². The van der Waals surface area contributed by atoms with E-state index in [1.165, 1.54) is 0 Å². The average Bonchev–Trinajstić information content (AvgIpc) is 2.16. The van der Waals surface area contributed by atoms with Crippen molar-refractivity contribution < 1.29 is 13.2 Å². The lowest BCUT2D eigenvalue weighted by Crippen LogP contribution is -2.48. The van der Waals surface area contributed by atoms with Gasteiger partial charge in [0.2, 0.25) is 0 Å². The van der Waals surface area contributed by atoms with Crippen LogP contribution in [0.2, 0.25) is 0 Å². The molecule has 1 unspecified atom stereocenters. The molecule has 1 aromatic carbocycles. The molecule has 88 valence electrons. The number of rotatable bonds is 3. The Morgan fingerprint density at radius 3 is 2.38 bits per heavy atom. The predicted molar refractivity (Wildman–Crippen MR) is 62.1 cm³/mol. The molecule has 1 aliphatic heterocycles. The van der Waals surface area contributed by atoms with Gasteiger partial charge in [0, 0.05) is 6.42 Å². The van der Waals surface area contributed by atoms with Crippen molar-refractivity contribution in [2.45, 2.75) is 36.9 Å². The summed E-state index contributed by atoms with van der Waals surface area (Å²) in [6, 6.07) is 8.52. The Kier molecular flexibility index (Phi) is 2.80. The lowest BCUT2D eigenvalue weighted by molar-refractivity contribution is -0.173. The van der Waals surface area contributed by atoms with Crippen molar-refractivity contribution in [2.75, 3.05) is 5.75 Å². The molecule has 0 aliphatic carbocycles. The van der Waals surface area contributed by atoms with Crippen molar-refractivity contribution in [3.63, 3.8) is 0 Å². The quantitative estimate of drug-likeness (QED) is 0.812. The molecule has 1 aromatic rings. The van der Waals surface area contributed by atoms with E-state index >= 15 is 0 Å². The van der Waals surface area contributed by atoms with E-state index < -0.39 is 9.84 Å². The maximum absolute atomic E-state index is 12.0. The molecule has 4 heteroatoms. The van der Waals surface area contributed by atoms with Crippen LogP contribution in [0.25, 0.3) is 0 Å². The zero-order valence-corrected chi connectivity index (χ0v) is 10.3. The van der Waals surface area contributed by atoms with Gasteiger partial charge in [-0.25, -0.2) is 8.42 Å². The summed E-state index contributed by atoms with van der Waals surface area (Å²) in [6.07, 6.45) is 0.652. The normalized spacial score (nSPS) is 23.8. The zero-order chi connectivity index (χ0) is 11.8. The van der Waals surface area contributed by atoms with Gasteiger partial charge in [-0.15, -0.1) is 0 Å². The second-order valence-electron chi connectivity index (χ2n) is 4.80. The van der Waals surface area contributed by atoms with E-state index in [9.17, 15) is 8.42 Å². The summed E-state index contributed by atoms with van der Waals surface area (Å²) in [4.78, 5) is 0.378. The highest BCUT2D eigenvalue weighted by Gasteiger charge is 2.39. The smallest absolute Gasteiger partial charge is 0.180 e. The molecule has 0 radical (unpaired) electrons. The minimum atomic E-state index is -3.20. The van der Waals surface area contributed by atoms with E-state index in [2.05, 4.69) is 0 Å². The number of benzene rings is 1. The third-order valence-electron chi connectivity index (χ3n) is 2.71. The van der Waals surface area contributed by atoms with E-state index in [1.54, 1.807) is 24.3 Å². The van der Waals surface area contributed by atoms with Gasteiger partial charge in [-0.3, -0.25) is 0 Å². The van der Waals surface area contributed by atoms with Crippen LogP contribution in [0, 0.1) is 0 Å². The molecule has 0 aromatic heterocycles. The fourth-order valence-electron chi connectivity index (χ4n) is 2.05. The maximum Gasteiger partial charge on any atom is 0.180 e. The number of hydrogen-bond acceptors (Lipinski definition) is 3. The van der Waals surface area contributed by atoms with Crippen LogP contribution in [0.5, 0.6) is 0 Å². The highest BCUT2D eigenvalue weighted by atomic mass is 32.2. The fraction of sp³-hybridized carbons (Fsp3) is 0.500. The third kappa shape index (κ3) is 2.44. The first-order valence-corrected chi connectivity index (χ1v) is 7.00. The Balaban J connectivity index is 2.06. The molecular formula is C12H16O3S. The molecule has 1 fully saturated rings. The van der Waals surface area contributed by atoms with Gasteiger partial charge < -0.3 is 4.74 Å². The van der Waals surface area contributed by atoms with Crippen LogP contribution in [-0.4, -0.2) is 25.9 Å². The second-order valence-corrected chi connectivity index (χ2v) is 6.83. The van der Waals surface area contributed by atoms with Gasteiger partial charge in [-0.05, 0) is 26.0 Å². The number of hydrogen-bond donors (Lipinski definition) is 0. The lowest BCUT2D eigenvalue weighted by atomic mass is 9.94. The monoisotopic (exact) mass is 240 g/mol. The summed E-state index contributed by atoms with van der Waals surface area (Å²) in [6.45, 7) is 3.94. The molecule has 0 spiro atoms. The minimum absolute atomic E-state index is 0.0838. The van der Waals surface area contributed by atoms with Crippen molar-refractivity contribution in [3.8, 4) is 0 Å². The molecule has 16 heavy (non-hydrogen) atoms. The fourth-order valence-corrected chi connectivity index (χ4v) is 3.49. The number of ether oxygens (including phenoxy) is 1. The van der Waals surface area contributed by atoms with E-state index in [1.807, 2.05) is 19.9 Å². The summed E-state index contributed by atoms with van der Waals surface area (Å²) in [5.74, 6) is 0.0838. The Morgan fingerprint density at radius 1 is 1.31 bits per heavy atom. The first-order chi connectivity index (χ1) is 7.39. The molecular weight excluding hydrogens is 224 g/mol. The van der Waals surface area contributed by atoms with Gasteiger partial charge in [-0.2, -0.15) is 0 Å². The van der Waals surface area contributed by atoms with Gasteiger partial charge in [0.1, 0.15) is 0 Å². The summed E-state index contributed by atoms with van der Waals surface area (Å²) in [5.41, 5.74) is -0.156. The standard InChI is InChI=1S/C12H16O3S/c1-12(2)8-10(15-12)9-16(13,14)11-6-4-3-5-7-11/h3-7,10H,8-9H2,1-2H3. The van der Waals surface area contributed by atoms with Crippen molar-refractivity contribution >= 4 is 9.84 Å². The first kappa shape index (κ1) is 11.6. The molecule has 1 aliphatic rings. The molecule has 0 N–H and O–H groups in total. The largest absolute Gasteiger partial charge is 0.371 e. The van der Waals surface area contributed by atoms with Crippen molar-refractivity contribution in [3.05, 3.63) is 30.3 Å². The topological polar surface area (TPSA) is 43.4 Å². The van der Waals surface area contributed by atoms with E-state index in [0.717, 1.165) is 6.42 Å². The molecule has 2 rings (SSSR count). The highest BCUT2D eigenvalue weighted by Crippen LogP contribution is 2.33. The highest BCUT2D eigenvalue weighted by molar-refractivity contribution is 7.91. The molecule has 3 nitrogen and oxygen atoms in total. The van der Waals surface area contributed by atoms with Gasteiger partial charge in [-0.1, -0.05) is 18.2 Å². The molecule has 0 saturated carbocycles. The summed E-state index contributed by atoms with van der Waals surface area (Å²) in [7, 11) is -3.20. The van der Waals surface area contributed by atoms with E-state index in [4.69, 9.17) is 4.74 Å². The van der Waals surface area contributed by atoms with Gasteiger partial charge in [0.05, 0.1) is 22.4 Å². The van der Waals surface area contributed by atoms with Crippen LogP contribution in [0.4, 0.5) is 0 Å². The Morgan fingerprint density at radius 2 is 1.88 bits per heavy atom. The lowest BCUT2D eigenvalue weighted by Gasteiger charge is -2.42. The first-order valence-electron chi connectivity index (χ1n) is 5.35. The number of sulfone groups is 1. The van der Waals surface area contributed by atoms with Crippen LogP contribution in [0.3, 0.4) is 0 Å². The maximum atomic E-state index is 12.0. The molecule has 0 bridgehead atoms. The van der Waals surface area contributed by atoms with Crippen LogP contribution < -0.4 is 0 Å². The van der Waals surface area contributed by atoms with Crippen LogP contribution in [0.1, 0.15) is 20.3 Å². The van der Waals surface area contributed by atoms with Crippen LogP contribution in [-0.2, 0) is 14.6 Å². The second kappa shape index (κ2) is 3.86. The Bertz CT molecular complexity index is 454. The third-order valence-corrected chi connectivity index (χ3v) is 4.51. The van der Waals surface area contributed by atoms with Crippen LogP contribution in [0.15, 0.2) is 35.2 Å². The molecule has 1 heterocycles. The summed E-state index contributed by atoms with van der Waals surface area (Å²) >= 11 is 0. The Labute approximate surface area is 96.4 Å². The van der Waals surface area contributed by atoms with Crippen molar-refractivity contribution in [1.29, 1.82) is 0 Å². The van der Waals surface area contributed by atoms with Gasteiger partial charge in [0.15, 0.2) is 9.84 Å². The van der Waals surface area contributed by atoms with Crippen LogP contribution >= 0.6 is 0 Å². The zero-order valence-electron chi connectivity index (χ0n) is 9.51. The minimum Gasteiger partial charge on any atom is -0.371 e. The van der Waals surface area contributed by atoms with Crippen molar-refractivity contribution in [2.24, 2.45) is 0 Å². The SMILES string of the molecule is CC1(C)CC(CS(=O)(=O)c2ccccc2)O1. The Hall–Kier alpha value is -0.870. The summed E-state index contributed by atoms with van der Waals surface area (Å²) in [5, 5.41) is 0. The predicted octanol–water partition coefficient (Wildman–Crippen LogP) is 2.03. The van der Waals surface area contributed by atoms with Crippen molar-refractivity contribution in [1.82, 2.24) is 0 Å². The van der Waals surface area contributed by atoms with Gasteiger partial charge in [0.25, 0.3) is 0 Å². The van der Waals surface area contributed by atoms with Gasteiger partial charge >= 0.3 is 0 Å². The molecule has 1 saturated heterocycles. The van der Waals surface area contributed by atoms with E-state index in [-0.39, 0.29) is 17.5 Å². The summed E-state index contributed by atoms with van der Waals surface area (Å²) < 4.78 is 29.4. The average molecular weight is 240 g/mol.